The molecule has 2 rings (SSSR count). The molecular weight excluding hydrogens is 355 g/mol. The first-order valence-electron chi connectivity index (χ1n) is 6.84. The van der Waals surface area contributed by atoms with Crippen LogP contribution in [0, 0.1) is 0 Å². The number of hydrogen-bond donors (Lipinski definition) is 2. The van der Waals surface area contributed by atoms with Crippen molar-refractivity contribution in [3.63, 3.8) is 0 Å². The standard InChI is InChI=1S/C16H14Cl2N2O4/c1-16(15(22)23,11-4-2-3-5-12(11)18)20-14(21)13-7-6-10(8-19-13)24-9-17/h2-8H,9H2,1H3,(H,20,21)(H,22,23)/t16-/m0/s1. The normalized spacial score (nSPS) is 13.0. The minimum atomic E-state index is -1.71. The number of alkyl halides is 1. The number of nitrogens with one attached hydrogen (secondary N) is 1. The highest BCUT2D eigenvalue weighted by atomic mass is 35.5. The lowest BCUT2D eigenvalue weighted by Crippen LogP contribution is -2.50. The quantitative estimate of drug-likeness (QED) is 0.765. The summed E-state index contributed by atoms with van der Waals surface area (Å²) in [5, 5.41) is 12.3. The van der Waals surface area contributed by atoms with Crippen LogP contribution in [0.15, 0.2) is 42.6 Å². The molecule has 8 heteroatoms. The minimum absolute atomic E-state index is 0.0384. The van der Waals surface area contributed by atoms with Gasteiger partial charge in [-0.3, -0.25) is 4.79 Å². The van der Waals surface area contributed by atoms with Gasteiger partial charge in [0.15, 0.2) is 11.6 Å². The highest BCUT2D eigenvalue weighted by molar-refractivity contribution is 6.31. The summed E-state index contributed by atoms with van der Waals surface area (Å²) in [6.45, 7) is 1.36. The van der Waals surface area contributed by atoms with Crippen molar-refractivity contribution in [1.29, 1.82) is 0 Å². The Kier molecular flexibility index (Phi) is 5.64. The molecular formula is C16H14Cl2N2O4. The summed E-state index contributed by atoms with van der Waals surface area (Å²) in [4.78, 5) is 28.1. The zero-order valence-electron chi connectivity index (χ0n) is 12.6. The van der Waals surface area contributed by atoms with Crippen LogP contribution in [0.2, 0.25) is 5.02 Å². The number of carbonyl (C=O) groups is 2. The van der Waals surface area contributed by atoms with E-state index < -0.39 is 17.4 Å². The number of benzene rings is 1. The van der Waals surface area contributed by atoms with Gasteiger partial charge in [0.1, 0.15) is 11.4 Å². The van der Waals surface area contributed by atoms with Crippen LogP contribution < -0.4 is 10.1 Å². The summed E-state index contributed by atoms with van der Waals surface area (Å²) in [6.07, 6.45) is 1.32. The van der Waals surface area contributed by atoms with Gasteiger partial charge in [0, 0.05) is 10.6 Å². The molecule has 0 bridgehead atoms. The molecule has 24 heavy (non-hydrogen) atoms. The Morgan fingerprint density at radius 1 is 1.29 bits per heavy atom. The molecule has 0 saturated carbocycles. The average Bonchev–Trinajstić information content (AvgIpc) is 2.55. The lowest BCUT2D eigenvalue weighted by molar-refractivity contribution is -0.144. The van der Waals surface area contributed by atoms with E-state index in [-0.39, 0.29) is 22.3 Å². The van der Waals surface area contributed by atoms with Gasteiger partial charge in [0.2, 0.25) is 0 Å². The number of halogens is 2. The fraction of sp³-hybridized carbons (Fsp3) is 0.188. The first-order chi connectivity index (χ1) is 11.4. The monoisotopic (exact) mass is 368 g/mol. The van der Waals surface area contributed by atoms with Crippen molar-refractivity contribution < 1.29 is 19.4 Å². The van der Waals surface area contributed by atoms with E-state index >= 15 is 0 Å². The van der Waals surface area contributed by atoms with Crippen LogP contribution in [0.1, 0.15) is 23.0 Å². The highest BCUT2D eigenvalue weighted by Gasteiger charge is 2.38. The number of rotatable bonds is 6. The van der Waals surface area contributed by atoms with E-state index in [0.717, 1.165) is 0 Å². The Labute approximate surface area is 148 Å². The maximum absolute atomic E-state index is 12.4. The van der Waals surface area contributed by atoms with Gasteiger partial charge in [0.05, 0.1) is 6.20 Å². The number of amides is 1. The number of aromatic nitrogens is 1. The van der Waals surface area contributed by atoms with Crippen LogP contribution >= 0.6 is 23.2 Å². The summed E-state index contributed by atoms with van der Waals surface area (Å²) < 4.78 is 5.02. The Morgan fingerprint density at radius 2 is 2.00 bits per heavy atom. The van der Waals surface area contributed by atoms with E-state index in [2.05, 4.69) is 10.3 Å². The molecule has 0 fully saturated rings. The van der Waals surface area contributed by atoms with Crippen molar-refractivity contribution in [1.82, 2.24) is 10.3 Å². The predicted octanol–water partition coefficient (Wildman–Crippen LogP) is 3.04. The fourth-order valence-corrected chi connectivity index (χ4v) is 2.51. The molecule has 1 aromatic heterocycles. The Balaban J connectivity index is 2.29. The molecule has 6 nitrogen and oxygen atoms in total. The highest BCUT2D eigenvalue weighted by Crippen LogP contribution is 2.28. The van der Waals surface area contributed by atoms with Gasteiger partial charge in [-0.25, -0.2) is 9.78 Å². The molecule has 126 valence electrons. The number of aliphatic carboxylic acids is 1. The van der Waals surface area contributed by atoms with Crippen molar-refractivity contribution in [3.8, 4) is 5.75 Å². The Hall–Kier alpha value is -2.31. The predicted molar refractivity (Wildman–Crippen MR) is 89.5 cm³/mol. The first-order valence-corrected chi connectivity index (χ1v) is 7.75. The van der Waals surface area contributed by atoms with E-state index in [0.29, 0.717) is 5.75 Å². The van der Waals surface area contributed by atoms with E-state index in [1.54, 1.807) is 24.3 Å². The molecule has 0 spiro atoms. The average molecular weight is 369 g/mol. The van der Waals surface area contributed by atoms with Crippen molar-refractivity contribution in [2.45, 2.75) is 12.5 Å². The van der Waals surface area contributed by atoms with Crippen LogP contribution in [0.4, 0.5) is 0 Å². The van der Waals surface area contributed by atoms with Crippen molar-refractivity contribution >= 4 is 35.1 Å². The van der Waals surface area contributed by atoms with Gasteiger partial charge in [-0.05, 0) is 25.1 Å². The van der Waals surface area contributed by atoms with Gasteiger partial charge in [-0.1, -0.05) is 41.4 Å². The number of hydrogen-bond acceptors (Lipinski definition) is 4. The molecule has 0 aliphatic rings. The molecule has 0 aliphatic carbocycles. The van der Waals surface area contributed by atoms with E-state index in [9.17, 15) is 14.7 Å². The van der Waals surface area contributed by atoms with Crippen LogP contribution in [-0.4, -0.2) is 28.0 Å². The molecule has 0 radical (unpaired) electrons. The molecule has 0 saturated heterocycles. The second-order valence-electron chi connectivity index (χ2n) is 5.00. The third kappa shape index (κ3) is 3.77. The van der Waals surface area contributed by atoms with Crippen molar-refractivity contribution in [2.24, 2.45) is 0 Å². The van der Waals surface area contributed by atoms with Crippen LogP contribution in [0.5, 0.6) is 5.75 Å². The van der Waals surface area contributed by atoms with E-state index in [4.69, 9.17) is 27.9 Å². The molecule has 1 atom stereocenters. The Morgan fingerprint density at radius 3 is 2.54 bits per heavy atom. The van der Waals surface area contributed by atoms with Crippen LogP contribution in [-0.2, 0) is 10.3 Å². The molecule has 0 aliphatic heterocycles. The summed E-state index contributed by atoms with van der Waals surface area (Å²) in [7, 11) is 0. The molecule has 1 amide bonds. The molecule has 2 aromatic rings. The van der Waals surface area contributed by atoms with E-state index in [1.807, 2.05) is 0 Å². The zero-order chi connectivity index (χ0) is 17.7. The SMILES string of the molecule is C[C@@](NC(=O)c1ccc(OCCl)cn1)(C(=O)O)c1ccccc1Cl. The van der Waals surface area contributed by atoms with Crippen LogP contribution in [0.3, 0.4) is 0 Å². The van der Waals surface area contributed by atoms with Crippen LogP contribution in [0.25, 0.3) is 0 Å². The number of carbonyl (C=O) groups excluding carboxylic acids is 1. The Bertz CT molecular complexity index is 752. The van der Waals surface area contributed by atoms with Gasteiger partial charge in [0.25, 0.3) is 5.91 Å². The number of carboxylic acids is 1. The number of ether oxygens (including phenoxy) is 1. The fourth-order valence-electron chi connectivity index (χ4n) is 2.06. The van der Waals surface area contributed by atoms with E-state index in [1.165, 1.54) is 25.3 Å². The summed E-state index contributed by atoms with van der Waals surface area (Å²) in [5.74, 6) is -1.50. The maximum atomic E-state index is 12.4. The van der Waals surface area contributed by atoms with Gasteiger partial charge >= 0.3 is 5.97 Å². The topological polar surface area (TPSA) is 88.5 Å². The minimum Gasteiger partial charge on any atom is -0.479 e. The molecule has 2 N–H and O–H groups in total. The zero-order valence-corrected chi connectivity index (χ0v) is 14.1. The van der Waals surface area contributed by atoms with Gasteiger partial charge < -0.3 is 15.2 Å². The third-order valence-corrected chi connectivity index (χ3v) is 3.83. The van der Waals surface area contributed by atoms with Gasteiger partial charge in [-0.15, -0.1) is 0 Å². The second kappa shape index (κ2) is 7.51. The maximum Gasteiger partial charge on any atom is 0.333 e. The lowest BCUT2D eigenvalue weighted by Gasteiger charge is -2.27. The lowest BCUT2D eigenvalue weighted by atomic mass is 9.91. The summed E-state index contributed by atoms with van der Waals surface area (Å²) in [6, 6.07) is 9.29. The second-order valence-corrected chi connectivity index (χ2v) is 5.62. The summed E-state index contributed by atoms with van der Waals surface area (Å²) in [5.41, 5.74) is -1.39. The van der Waals surface area contributed by atoms with Gasteiger partial charge in [-0.2, -0.15) is 0 Å². The number of pyridine rings is 1. The molecule has 0 unspecified atom stereocenters. The molecule has 1 heterocycles. The third-order valence-electron chi connectivity index (χ3n) is 3.39. The summed E-state index contributed by atoms with van der Waals surface area (Å²) >= 11 is 11.5. The number of nitrogens with zero attached hydrogens (tertiary/aromatic N) is 1. The van der Waals surface area contributed by atoms with Crippen molar-refractivity contribution in [3.05, 3.63) is 58.9 Å². The largest absolute Gasteiger partial charge is 0.479 e. The molecule has 1 aromatic carbocycles. The number of carboxylic acid groups (broad SMARTS) is 1. The smallest absolute Gasteiger partial charge is 0.333 e. The van der Waals surface area contributed by atoms with Crippen molar-refractivity contribution in [2.75, 3.05) is 6.07 Å². The first kappa shape index (κ1) is 18.0.